The summed E-state index contributed by atoms with van der Waals surface area (Å²) in [4.78, 5) is 18.3. The molecule has 1 aromatic carbocycles. The summed E-state index contributed by atoms with van der Waals surface area (Å²) in [5.74, 6) is 0.232. The Hall–Kier alpha value is -2.40. The van der Waals surface area contributed by atoms with Gasteiger partial charge in [-0.15, -0.1) is 0 Å². The van der Waals surface area contributed by atoms with Crippen molar-refractivity contribution < 1.29 is 14.6 Å². The van der Waals surface area contributed by atoms with Crippen molar-refractivity contribution in [1.82, 2.24) is 9.88 Å². The molecular formula is C20H24N2O3. The van der Waals surface area contributed by atoms with Gasteiger partial charge in [0.2, 0.25) is 0 Å². The van der Waals surface area contributed by atoms with Gasteiger partial charge in [0.25, 0.3) is 0 Å². The van der Waals surface area contributed by atoms with E-state index in [0.29, 0.717) is 18.9 Å². The van der Waals surface area contributed by atoms with E-state index >= 15 is 0 Å². The van der Waals surface area contributed by atoms with Crippen LogP contribution in [0.4, 0.5) is 0 Å². The molecule has 132 valence electrons. The lowest BCUT2D eigenvalue weighted by atomic mass is 9.96. The van der Waals surface area contributed by atoms with Crippen LogP contribution in [0.2, 0.25) is 0 Å². The zero-order valence-electron chi connectivity index (χ0n) is 14.5. The number of carbonyl (C=O) groups is 1. The minimum Gasteiger partial charge on any atom is -0.508 e. The SMILES string of the molecule is CCOC(=O)C1CCN(Cc2cc(-c3cccnc3)ccc2O)CC1. The monoisotopic (exact) mass is 340 g/mol. The van der Waals surface area contributed by atoms with Gasteiger partial charge in [0.1, 0.15) is 5.75 Å². The summed E-state index contributed by atoms with van der Waals surface area (Å²) < 4.78 is 5.12. The first kappa shape index (κ1) is 17.4. The molecular weight excluding hydrogens is 316 g/mol. The third-order valence-electron chi connectivity index (χ3n) is 4.68. The lowest BCUT2D eigenvalue weighted by Gasteiger charge is -2.31. The first-order valence-electron chi connectivity index (χ1n) is 8.78. The number of phenols is 1. The molecule has 1 aromatic heterocycles. The van der Waals surface area contributed by atoms with Gasteiger partial charge >= 0.3 is 5.97 Å². The molecule has 0 saturated carbocycles. The van der Waals surface area contributed by atoms with Gasteiger partial charge in [-0.2, -0.15) is 0 Å². The number of likely N-dealkylation sites (tertiary alicyclic amines) is 1. The lowest BCUT2D eigenvalue weighted by molar-refractivity contribution is -0.149. The maximum absolute atomic E-state index is 11.8. The van der Waals surface area contributed by atoms with Crippen LogP contribution in [0.1, 0.15) is 25.3 Å². The number of nitrogens with zero attached hydrogens (tertiary/aromatic N) is 2. The van der Waals surface area contributed by atoms with Crippen LogP contribution in [0.25, 0.3) is 11.1 Å². The number of esters is 1. The van der Waals surface area contributed by atoms with E-state index in [2.05, 4.69) is 9.88 Å². The summed E-state index contributed by atoms with van der Waals surface area (Å²) in [6.45, 7) is 4.62. The number of hydrogen-bond donors (Lipinski definition) is 1. The van der Waals surface area contributed by atoms with Gasteiger partial charge < -0.3 is 9.84 Å². The molecule has 0 amide bonds. The second-order valence-corrected chi connectivity index (χ2v) is 6.39. The van der Waals surface area contributed by atoms with Crippen molar-refractivity contribution >= 4 is 5.97 Å². The Morgan fingerprint density at radius 2 is 2.08 bits per heavy atom. The van der Waals surface area contributed by atoms with E-state index in [4.69, 9.17) is 4.74 Å². The van der Waals surface area contributed by atoms with Crippen molar-refractivity contribution in [1.29, 1.82) is 0 Å². The average Bonchev–Trinajstić information content (AvgIpc) is 2.65. The second kappa shape index (κ2) is 8.12. The molecule has 0 atom stereocenters. The first-order chi connectivity index (χ1) is 12.2. The third kappa shape index (κ3) is 4.37. The number of ether oxygens (including phenoxy) is 1. The number of carbonyl (C=O) groups excluding carboxylic acids is 1. The van der Waals surface area contributed by atoms with E-state index in [-0.39, 0.29) is 11.9 Å². The second-order valence-electron chi connectivity index (χ2n) is 6.39. The zero-order chi connectivity index (χ0) is 17.6. The smallest absolute Gasteiger partial charge is 0.309 e. The predicted molar refractivity (Wildman–Crippen MR) is 96.0 cm³/mol. The molecule has 1 fully saturated rings. The lowest BCUT2D eigenvalue weighted by Crippen LogP contribution is -2.36. The molecule has 1 aliphatic rings. The van der Waals surface area contributed by atoms with Crippen LogP contribution in [-0.2, 0) is 16.1 Å². The zero-order valence-corrected chi connectivity index (χ0v) is 14.5. The molecule has 0 bridgehead atoms. The molecule has 0 aliphatic carbocycles. The molecule has 3 rings (SSSR count). The van der Waals surface area contributed by atoms with Crippen LogP contribution in [0, 0.1) is 5.92 Å². The van der Waals surface area contributed by atoms with Gasteiger partial charge in [0.15, 0.2) is 0 Å². The van der Waals surface area contributed by atoms with Gasteiger partial charge in [-0.25, -0.2) is 0 Å². The molecule has 1 N–H and O–H groups in total. The van der Waals surface area contributed by atoms with Crippen molar-refractivity contribution in [3.8, 4) is 16.9 Å². The van der Waals surface area contributed by atoms with E-state index in [9.17, 15) is 9.90 Å². The van der Waals surface area contributed by atoms with Crippen molar-refractivity contribution in [2.45, 2.75) is 26.3 Å². The molecule has 1 aliphatic heterocycles. The molecule has 1 saturated heterocycles. The largest absolute Gasteiger partial charge is 0.508 e. The molecule has 2 aromatic rings. The van der Waals surface area contributed by atoms with E-state index in [1.165, 1.54) is 0 Å². The van der Waals surface area contributed by atoms with Gasteiger partial charge in [0, 0.05) is 30.1 Å². The fraction of sp³-hybridized carbons (Fsp3) is 0.400. The number of aromatic nitrogens is 1. The molecule has 0 unspecified atom stereocenters. The van der Waals surface area contributed by atoms with Crippen LogP contribution >= 0.6 is 0 Å². The molecule has 5 heteroatoms. The first-order valence-corrected chi connectivity index (χ1v) is 8.78. The van der Waals surface area contributed by atoms with Gasteiger partial charge in [-0.3, -0.25) is 14.7 Å². The summed E-state index contributed by atoms with van der Waals surface area (Å²) in [6.07, 6.45) is 5.18. The van der Waals surface area contributed by atoms with E-state index < -0.39 is 0 Å². The Morgan fingerprint density at radius 3 is 2.76 bits per heavy atom. The number of hydrogen-bond acceptors (Lipinski definition) is 5. The van der Waals surface area contributed by atoms with Crippen molar-refractivity contribution in [2.75, 3.05) is 19.7 Å². The quantitative estimate of drug-likeness (QED) is 0.847. The van der Waals surface area contributed by atoms with Gasteiger partial charge in [-0.1, -0.05) is 12.1 Å². The van der Waals surface area contributed by atoms with Crippen LogP contribution in [-0.4, -0.2) is 40.7 Å². The fourth-order valence-corrected chi connectivity index (χ4v) is 3.25. The highest BCUT2D eigenvalue weighted by molar-refractivity contribution is 5.72. The highest BCUT2D eigenvalue weighted by Gasteiger charge is 2.26. The van der Waals surface area contributed by atoms with Gasteiger partial charge in [0.05, 0.1) is 12.5 Å². The van der Waals surface area contributed by atoms with Crippen LogP contribution in [0.3, 0.4) is 0 Å². The summed E-state index contributed by atoms with van der Waals surface area (Å²) in [5, 5.41) is 10.2. The van der Waals surface area contributed by atoms with E-state index in [1.54, 1.807) is 12.3 Å². The summed E-state index contributed by atoms with van der Waals surface area (Å²) >= 11 is 0. The Labute approximate surface area is 148 Å². The Kier molecular flexibility index (Phi) is 5.66. The number of benzene rings is 1. The Balaban J connectivity index is 1.65. The topological polar surface area (TPSA) is 62.7 Å². The summed E-state index contributed by atoms with van der Waals surface area (Å²) in [6, 6.07) is 9.58. The number of aromatic hydroxyl groups is 1. The highest BCUT2D eigenvalue weighted by atomic mass is 16.5. The normalized spacial score (nSPS) is 15.9. The van der Waals surface area contributed by atoms with Crippen LogP contribution in [0.15, 0.2) is 42.7 Å². The molecule has 0 spiro atoms. The summed E-state index contributed by atoms with van der Waals surface area (Å²) in [7, 11) is 0. The van der Waals surface area contributed by atoms with Crippen molar-refractivity contribution in [3.63, 3.8) is 0 Å². The number of piperidine rings is 1. The summed E-state index contributed by atoms with van der Waals surface area (Å²) in [5.41, 5.74) is 2.98. The fourth-order valence-electron chi connectivity index (χ4n) is 3.25. The number of phenolic OH excluding ortho intramolecular Hbond substituents is 1. The number of pyridine rings is 1. The molecule has 0 radical (unpaired) electrons. The number of rotatable bonds is 5. The van der Waals surface area contributed by atoms with Crippen molar-refractivity contribution in [3.05, 3.63) is 48.3 Å². The van der Waals surface area contributed by atoms with E-state index in [0.717, 1.165) is 42.6 Å². The minimum absolute atomic E-state index is 0.00604. The van der Waals surface area contributed by atoms with Crippen molar-refractivity contribution in [2.24, 2.45) is 5.92 Å². The van der Waals surface area contributed by atoms with Gasteiger partial charge in [-0.05, 0) is 56.6 Å². The van der Waals surface area contributed by atoms with Crippen LogP contribution in [0.5, 0.6) is 5.75 Å². The maximum atomic E-state index is 11.8. The maximum Gasteiger partial charge on any atom is 0.309 e. The third-order valence-corrected chi connectivity index (χ3v) is 4.68. The minimum atomic E-state index is -0.0800. The molecule has 5 nitrogen and oxygen atoms in total. The highest BCUT2D eigenvalue weighted by Crippen LogP contribution is 2.28. The standard InChI is InChI=1S/C20H24N2O3/c1-2-25-20(24)15-7-10-22(11-8-15)14-18-12-16(5-6-19(18)23)17-4-3-9-21-13-17/h3-6,9,12-13,15,23H,2,7-8,10-11,14H2,1H3. The Morgan fingerprint density at radius 1 is 1.28 bits per heavy atom. The molecule has 2 heterocycles. The Bertz CT molecular complexity index is 710. The van der Waals surface area contributed by atoms with Crippen LogP contribution < -0.4 is 0 Å². The average molecular weight is 340 g/mol. The van der Waals surface area contributed by atoms with E-state index in [1.807, 2.05) is 37.4 Å². The molecule has 25 heavy (non-hydrogen) atoms. The predicted octanol–water partition coefficient (Wildman–Crippen LogP) is 3.23.